The minimum atomic E-state index is -0.223. The van der Waals surface area contributed by atoms with E-state index in [0.29, 0.717) is 23.1 Å². The van der Waals surface area contributed by atoms with Crippen molar-refractivity contribution in [1.29, 1.82) is 0 Å². The van der Waals surface area contributed by atoms with Crippen molar-refractivity contribution in [2.45, 2.75) is 12.2 Å². The molecule has 3 rings (SSSR count). The zero-order valence-corrected chi connectivity index (χ0v) is 15.0. The van der Waals surface area contributed by atoms with Gasteiger partial charge in [0.2, 0.25) is 0 Å². The van der Waals surface area contributed by atoms with E-state index in [-0.39, 0.29) is 24.6 Å². The summed E-state index contributed by atoms with van der Waals surface area (Å²) in [5, 5.41) is 3.96. The van der Waals surface area contributed by atoms with Crippen molar-refractivity contribution < 1.29 is 14.2 Å². The van der Waals surface area contributed by atoms with Gasteiger partial charge in [0.25, 0.3) is 0 Å². The van der Waals surface area contributed by atoms with E-state index in [1.807, 2.05) is 36.4 Å². The maximum absolute atomic E-state index is 6.27. The lowest BCUT2D eigenvalue weighted by molar-refractivity contribution is -0.0438. The Morgan fingerprint density at radius 2 is 1.96 bits per heavy atom. The molecular formula is C18H21Cl2NO3. The average Bonchev–Trinajstić information content (AvgIpc) is 2.62. The second kappa shape index (κ2) is 9.14. The standard InChI is InChI=1S/C18H20ClNO3.ClH/c1-21-16-11-14(19)7-8-15(16)23-18(13-5-3-2-4-6-13)17-12-20-9-10-22-17;/h2-8,11,17-18,20H,9-10,12H2,1H3;1H/t17-,18?;/m1./s1. The third-order valence-corrected chi connectivity index (χ3v) is 4.04. The number of rotatable bonds is 5. The molecule has 0 spiro atoms. The molecule has 1 aliphatic rings. The van der Waals surface area contributed by atoms with Crippen molar-refractivity contribution in [3.8, 4) is 11.5 Å². The third-order valence-electron chi connectivity index (χ3n) is 3.80. The van der Waals surface area contributed by atoms with Gasteiger partial charge in [-0.2, -0.15) is 0 Å². The molecule has 0 amide bonds. The Morgan fingerprint density at radius 3 is 2.62 bits per heavy atom. The molecule has 130 valence electrons. The van der Waals surface area contributed by atoms with E-state index in [1.165, 1.54) is 0 Å². The molecule has 1 unspecified atom stereocenters. The van der Waals surface area contributed by atoms with E-state index in [9.17, 15) is 0 Å². The van der Waals surface area contributed by atoms with Crippen molar-refractivity contribution in [2.24, 2.45) is 0 Å². The second-order valence-corrected chi connectivity index (χ2v) is 5.79. The molecule has 1 N–H and O–H groups in total. The minimum absolute atomic E-state index is 0. The van der Waals surface area contributed by atoms with Gasteiger partial charge in [0.1, 0.15) is 6.10 Å². The van der Waals surface area contributed by atoms with E-state index >= 15 is 0 Å². The molecule has 1 saturated heterocycles. The summed E-state index contributed by atoms with van der Waals surface area (Å²) in [4.78, 5) is 0. The van der Waals surface area contributed by atoms with Crippen molar-refractivity contribution in [3.63, 3.8) is 0 Å². The molecule has 24 heavy (non-hydrogen) atoms. The van der Waals surface area contributed by atoms with Crippen LogP contribution >= 0.6 is 24.0 Å². The molecule has 0 aromatic heterocycles. The summed E-state index contributed by atoms with van der Waals surface area (Å²) in [6.07, 6.45) is -0.286. The van der Waals surface area contributed by atoms with E-state index in [4.69, 9.17) is 25.8 Å². The summed E-state index contributed by atoms with van der Waals surface area (Å²) < 4.78 is 17.6. The highest BCUT2D eigenvalue weighted by Gasteiger charge is 2.28. The Hall–Kier alpha value is -1.46. The molecule has 1 fully saturated rings. The summed E-state index contributed by atoms with van der Waals surface area (Å²) in [5.74, 6) is 1.27. The SMILES string of the molecule is COc1cc(Cl)ccc1OC(c1ccccc1)[C@H]1CNCCO1.Cl. The summed E-state index contributed by atoms with van der Waals surface area (Å²) in [7, 11) is 1.61. The molecule has 0 aliphatic carbocycles. The molecule has 6 heteroatoms. The predicted molar refractivity (Wildman–Crippen MR) is 97.7 cm³/mol. The molecule has 0 bridgehead atoms. The van der Waals surface area contributed by atoms with Gasteiger partial charge in [0.05, 0.1) is 13.7 Å². The molecule has 2 atom stereocenters. The Morgan fingerprint density at radius 1 is 1.17 bits per heavy atom. The summed E-state index contributed by atoms with van der Waals surface area (Å²) in [6.45, 7) is 2.28. The number of halogens is 2. The zero-order valence-electron chi connectivity index (χ0n) is 13.4. The van der Waals surface area contributed by atoms with E-state index < -0.39 is 0 Å². The molecule has 4 nitrogen and oxygen atoms in total. The van der Waals surface area contributed by atoms with Crippen molar-refractivity contribution in [3.05, 3.63) is 59.1 Å². The molecule has 0 radical (unpaired) electrons. The monoisotopic (exact) mass is 369 g/mol. The Kier molecular flexibility index (Phi) is 7.18. The van der Waals surface area contributed by atoms with Crippen LogP contribution in [0.15, 0.2) is 48.5 Å². The zero-order chi connectivity index (χ0) is 16.1. The molecule has 2 aromatic rings. The van der Waals surface area contributed by atoms with Gasteiger partial charge in [0.15, 0.2) is 17.6 Å². The van der Waals surface area contributed by atoms with Crippen LogP contribution in [0.3, 0.4) is 0 Å². The van der Waals surface area contributed by atoms with Gasteiger partial charge >= 0.3 is 0 Å². The first-order chi connectivity index (χ1) is 11.3. The predicted octanol–water partition coefficient (Wildman–Crippen LogP) is 3.88. The smallest absolute Gasteiger partial charge is 0.162 e. The normalized spacial score (nSPS) is 18.3. The first kappa shape index (κ1) is 18.9. The fourth-order valence-electron chi connectivity index (χ4n) is 2.66. The van der Waals surface area contributed by atoms with Crippen molar-refractivity contribution >= 4 is 24.0 Å². The van der Waals surface area contributed by atoms with Gasteiger partial charge in [0, 0.05) is 24.2 Å². The molecule has 1 aliphatic heterocycles. The van der Waals surface area contributed by atoms with Gasteiger partial charge in [-0.25, -0.2) is 0 Å². The Labute approximate surface area is 153 Å². The van der Waals surface area contributed by atoms with Gasteiger partial charge in [-0.1, -0.05) is 41.9 Å². The van der Waals surface area contributed by atoms with Gasteiger partial charge in [-0.05, 0) is 17.7 Å². The lowest BCUT2D eigenvalue weighted by Gasteiger charge is -2.32. The summed E-state index contributed by atoms with van der Waals surface area (Å²) in [6, 6.07) is 15.5. The van der Waals surface area contributed by atoms with Crippen LogP contribution in [0.1, 0.15) is 11.7 Å². The van der Waals surface area contributed by atoms with E-state index in [2.05, 4.69) is 5.32 Å². The highest BCUT2D eigenvalue weighted by Crippen LogP contribution is 2.35. The highest BCUT2D eigenvalue weighted by molar-refractivity contribution is 6.30. The van der Waals surface area contributed by atoms with Crippen LogP contribution in [-0.2, 0) is 4.74 Å². The van der Waals surface area contributed by atoms with Crippen LogP contribution in [0.4, 0.5) is 0 Å². The van der Waals surface area contributed by atoms with Crippen molar-refractivity contribution in [2.75, 3.05) is 26.8 Å². The molecule has 1 heterocycles. The first-order valence-electron chi connectivity index (χ1n) is 7.65. The van der Waals surface area contributed by atoms with Crippen LogP contribution in [0.5, 0.6) is 11.5 Å². The van der Waals surface area contributed by atoms with E-state index in [1.54, 1.807) is 19.2 Å². The Balaban J connectivity index is 0.00000208. The number of hydrogen-bond acceptors (Lipinski definition) is 4. The van der Waals surface area contributed by atoms with Crippen LogP contribution in [0.25, 0.3) is 0 Å². The summed E-state index contributed by atoms with van der Waals surface area (Å²) in [5.41, 5.74) is 1.07. The quantitative estimate of drug-likeness (QED) is 0.867. The third kappa shape index (κ3) is 4.54. The Bertz CT molecular complexity index is 633. The maximum atomic E-state index is 6.27. The number of hydrogen-bond donors (Lipinski definition) is 1. The molecular weight excluding hydrogens is 349 g/mol. The molecule has 2 aromatic carbocycles. The average molecular weight is 370 g/mol. The second-order valence-electron chi connectivity index (χ2n) is 5.36. The van der Waals surface area contributed by atoms with Gasteiger partial charge < -0.3 is 19.5 Å². The van der Waals surface area contributed by atoms with Gasteiger partial charge in [-0.3, -0.25) is 0 Å². The van der Waals surface area contributed by atoms with Crippen LogP contribution in [0.2, 0.25) is 5.02 Å². The lowest BCUT2D eigenvalue weighted by Crippen LogP contribution is -2.43. The number of nitrogens with one attached hydrogen (secondary N) is 1. The fraction of sp³-hybridized carbons (Fsp3) is 0.333. The maximum Gasteiger partial charge on any atom is 0.162 e. The number of benzene rings is 2. The minimum Gasteiger partial charge on any atom is -0.493 e. The largest absolute Gasteiger partial charge is 0.493 e. The fourth-order valence-corrected chi connectivity index (χ4v) is 2.82. The van der Waals surface area contributed by atoms with Crippen LogP contribution < -0.4 is 14.8 Å². The lowest BCUT2D eigenvalue weighted by atomic mass is 10.0. The number of ether oxygens (including phenoxy) is 3. The summed E-state index contributed by atoms with van der Waals surface area (Å²) >= 11 is 6.03. The van der Waals surface area contributed by atoms with E-state index in [0.717, 1.165) is 18.7 Å². The van der Waals surface area contributed by atoms with Gasteiger partial charge in [-0.15, -0.1) is 12.4 Å². The topological polar surface area (TPSA) is 39.7 Å². The number of methoxy groups -OCH3 is 1. The van der Waals surface area contributed by atoms with Crippen molar-refractivity contribution in [1.82, 2.24) is 5.32 Å². The highest BCUT2D eigenvalue weighted by atomic mass is 35.5. The van der Waals surface area contributed by atoms with Crippen LogP contribution in [0, 0.1) is 0 Å². The molecule has 0 saturated carbocycles. The number of morpholine rings is 1. The first-order valence-corrected chi connectivity index (χ1v) is 8.03. The van der Waals surface area contributed by atoms with Crippen LogP contribution in [-0.4, -0.2) is 32.9 Å².